The number of nitrogens with zero attached hydrogens (tertiary/aromatic N) is 1. The second-order valence-electron chi connectivity index (χ2n) is 4.20. The van der Waals surface area contributed by atoms with Crippen molar-refractivity contribution in [1.29, 1.82) is 0 Å². The fourth-order valence-electron chi connectivity index (χ4n) is 2.22. The lowest BCUT2D eigenvalue weighted by molar-refractivity contribution is 0.0133. The molecule has 4 nitrogen and oxygen atoms in total. The summed E-state index contributed by atoms with van der Waals surface area (Å²) in [5.74, 6) is 0. The van der Waals surface area contributed by atoms with Gasteiger partial charge in [-0.2, -0.15) is 0 Å². The summed E-state index contributed by atoms with van der Waals surface area (Å²) in [6.45, 7) is 3.18. The van der Waals surface area contributed by atoms with Crippen LogP contribution in [-0.2, 0) is 0 Å². The molecule has 1 heterocycles. The molecule has 1 fully saturated rings. The van der Waals surface area contributed by atoms with Crippen molar-refractivity contribution in [2.75, 3.05) is 19.7 Å². The molecule has 0 aromatic carbocycles. The molecular weight excluding hydrogens is 180 g/mol. The zero-order valence-corrected chi connectivity index (χ0v) is 8.89. The third kappa shape index (κ3) is 2.92. The highest BCUT2D eigenvalue weighted by atomic mass is 16.3. The second-order valence-corrected chi connectivity index (χ2v) is 4.20. The summed E-state index contributed by atoms with van der Waals surface area (Å²) in [5.41, 5.74) is 5.69. The van der Waals surface area contributed by atoms with Gasteiger partial charge in [-0.15, -0.1) is 0 Å². The van der Waals surface area contributed by atoms with E-state index in [9.17, 15) is 5.11 Å². The largest absolute Gasteiger partial charge is 0.394 e. The van der Waals surface area contributed by atoms with E-state index < -0.39 is 6.10 Å². The van der Waals surface area contributed by atoms with Crippen LogP contribution in [0.5, 0.6) is 0 Å². The number of hydrogen-bond acceptors (Lipinski definition) is 4. The summed E-state index contributed by atoms with van der Waals surface area (Å²) in [6, 6.07) is 0.846. The van der Waals surface area contributed by atoms with Crippen molar-refractivity contribution < 1.29 is 10.2 Å². The van der Waals surface area contributed by atoms with Crippen LogP contribution < -0.4 is 5.73 Å². The molecule has 0 bridgehead atoms. The van der Waals surface area contributed by atoms with Gasteiger partial charge in [0.25, 0.3) is 0 Å². The molecule has 4 heteroatoms. The molecule has 0 spiro atoms. The van der Waals surface area contributed by atoms with E-state index >= 15 is 0 Å². The highest BCUT2D eigenvalue weighted by Crippen LogP contribution is 2.22. The molecule has 3 unspecified atom stereocenters. The first kappa shape index (κ1) is 11.9. The normalized spacial score (nSPS) is 31.7. The van der Waals surface area contributed by atoms with E-state index in [2.05, 4.69) is 11.8 Å². The van der Waals surface area contributed by atoms with Gasteiger partial charge in [-0.25, -0.2) is 0 Å². The van der Waals surface area contributed by atoms with Crippen LogP contribution in [-0.4, -0.2) is 53.0 Å². The molecule has 4 N–H and O–H groups in total. The van der Waals surface area contributed by atoms with E-state index in [-0.39, 0.29) is 6.61 Å². The van der Waals surface area contributed by atoms with Gasteiger partial charge in [-0.1, -0.05) is 6.42 Å². The third-order valence-corrected chi connectivity index (χ3v) is 3.10. The molecule has 0 aromatic heterocycles. The molecule has 84 valence electrons. The summed E-state index contributed by atoms with van der Waals surface area (Å²) in [4.78, 5) is 2.23. The van der Waals surface area contributed by atoms with E-state index in [1.807, 2.05) is 0 Å². The van der Waals surface area contributed by atoms with Crippen LogP contribution in [0.2, 0.25) is 0 Å². The second kappa shape index (κ2) is 5.66. The highest BCUT2D eigenvalue weighted by molar-refractivity contribution is 4.84. The Morgan fingerprint density at radius 1 is 1.50 bits per heavy atom. The van der Waals surface area contributed by atoms with Crippen LogP contribution >= 0.6 is 0 Å². The molecule has 1 rings (SSSR count). The number of aliphatic hydroxyl groups is 2. The van der Waals surface area contributed by atoms with Crippen LogP contribution in [0.15, 0.2) is 0 Å². The minimum Gasteiger partial charge on any atom is -0.394 e. The van der Waals surface area contributed by atoms with Crippen LogP contribution in [0.25, 0.3) is 0 Å². The maximum atomic E-state index is 9.41. The topological polar surface area (TPSA) is 69.7 Å². The number of piperidine rings is 1. The molecule has 1 aliphatic heterocycles. The first-order chi connectivity index (χ1) is 6.69. The van der Waals surface area contributed by atoms with Gasteiger partial charge in [0.15, 0.2) is 0 Å². The van der Waals surface area contributed by atoms with Crippen molar-refractivity contribution in [2.45, 2.75) is 44.4 Å². The Labute approximate surface area is 85.7 Å². The summed E-state index contributed by atoms with van der Waals surface area (Å²) in [5, 5.41) is 18.2. The summed E-state index contributed by atoms with van der Waals surface area (Å²) < 4.78 is 0. The summed E-state index contributed by atoms with van der Waals surface area (Å²) in [6.07, 6.45) is 2.85. The van der Waals surface area contributed by atoms with Crippen LogP contribution in [0.3, 0.4) is 0 Å². The van der Waals surface area contributed by atoms with Crippen LogP contribution in [0, 0.1) is 0 Å². The molecule has 14 heavy (non-hydrogen) atoms. The third-order valence-electron chi connectivity index (χ3n) is 3.10. The average Bonchev–Trinajstić information content (AvgIpc) is 2.20. The Morgan fingerprint density at radius 3 is 2.79 bits per heavy atom. The van der Waals surface area contributed by atoms with E-state index in [4.69, 9.17) is 10.8 Å². The Bertz CT molecular complexity index is 166. The quantitative estimate of drug-likeness (QED) is 0.577. The van der Waals surface area contributed by atoms with E-state index in [1.165, 1.54) is 6.42 Å². The first-order valence-corrected chi connectivity index (χ1v) is 5.43. The highest BCUT2D eigenvalue weighted by Gasteiger charge is 2.27. The van der Waals surface area contributed by atoms with Crippen molar-refractivity contribution in [3.05, 3.63) is 0 Å². The molecule has 0 radical (unpaired) electrons. The van der Waals surface area contributed by atoms with Crippen molar-refractivity contribution in [2.24, 2.45) is 5.73 Å². The number of nitrogens with two attached hydrogens (primary N) is 1. The lowest BCUT2D eigenvalue weighted by Gasteiger charge is -2.41. The predicted octanol–water partition coefficient (Wildman–Crippen LogP) is -0.459. The molecule has 3 atom stereocenters. The van der Waals surface area contributed by atoms with Crippen molar-refractivity contribution in [3.8, 4) is 0 Å². The minimum atomic E-state index is -0.635. The van der Waals surface area contributed by atoms with Gasteiger partial charge in [0, 0.05) is 25.2 Å². The lowest BCUT2D eigenvalue weighted by Crippen LogP contribution is -2.51. The van der Waals surface area contributed by atoms with E-state index in [0.29, 0.717) is 25.2 Å². The maximum absolute atomic E-state index is 9.41. The molecule has 0 saturated carbocycles. The Hall–Kier alpha value is -0.160. The zero-order chi connectivity index (χ0) is 10.6. The van der Waals surface area contributed by atoms with Gasteiger partial charge >= 0.3 is 0 Å². The Kier molecular flexibility index (Phi) is 4.81. The number of likely N-dealkylation sites (tertiary alicyclic amines) is 1. The molecule has 1 aliphatic rings. The minimum absolute atomic E-state index is 0.166. The van der Waals surface area contributed by atoms with Crippen molar-refractivity contribution in [3.63, 3.8) is 0 Å². The van der Waals surface area contributed by atoms with Crippen molar-refractivity contribution in [1.82, 2.24) is 4.90 Å². The fourth-order valence-corrected chi connectivity index (χ4v) is 2.22. The summed E-state index contributed by atoms with van der Waals surface area (Å²) in [7, 11) is 0. The first-order valence-electron chi connectivity index (χ1n) is 5.43. The maximum Gasteiger partial charge on any atom is 0.0897 e. The molecule has 1 saturated heterocycles. The number of aliphatic hydroxyl groups excluding tert-OH is 2. The number of hydrogen-bond donors (Lipinski definition) is 3. The van der Waals surface area contributed by atoms with Crippen LogP contribution in [0.1, 0.15) is 26.2 Å². The average molecular weight is 202 g/mol. The number of β-amino-alcohol motifs (C(OH)–C–C–N with tert-alkyl or cyclic N) is 1. The predicted molar refractivity (Wildman–Crippen MR) is 56.0 cm³/mol. The molecular formula is C10H22N2O2. The van der Waals surface area contributed by atoms with Crippen LogP contribution in [0.4, 0.5) is 0 Å². The smallest absolute Gasteiger partial charge is 0.0897 e. The SMILES string of the molecule is CC1CCCC(CN)N1CC(O)CO. The molecule has 0 aromatic rings. The van der Waals surface area contributed by atoms with Gasteiger partial charge in [0.2, 0.25) is 0 Å². The Morgan fingerprint density at radius 2 is 2.21 bits per heavy atom. The van der Waals surface area contributed by atoms with E-state index in [1.54, 1.807) is 0 Å². The molecule has 0 aliphatic carbocycles. The van der Waals surface area contributed by atoms with Gasteiger partial charge in [-0.05, 0) is 19.8 Å². The lowest BCUT2D eigenvalue weighted by atomic mass is 9.96. The van der Waals surface area contributed by atoms with Gasteiger partial charge < -0.3 is 15.9 Å². The molecule has 0 amide bonds. The van der Waals surface area contributed by atoms with Crippen molar-refractivity contribution >= 4 is 0 Å². The monoisotopic (exact) mass is 202 g/mol. The summed E-state index contributed by atoms with van der Waals surface area (Å²) >= 11 is 0. The number of rotatable bonds is 4. The standard InChI is InChI=1S/C10H22N2O2/c1-8-3-2-4-9(5-11)12(8)6-10(14)7-13/h8-10,13-14H,2-7,11H2,1H3. The van der Waals surface area contributed by atoms with Gasteiger partial charge in [0.05, 0.1) is 12.7 Å². The zero-order valence-electron chi connectivity index (χ0n) is 8.89. The van der Waals surface area contributed by atoms with Gasteiger partial charge in [-0.3, -0.25) is 4.90 Å². The Balaban J connectivity index is 2.50. The fraction of sp³-hybridized carbons (Fsp3) is 1.00. The van der Waals surface area contributed by atoms with Gasteiger partial charge in [0.1, 0.15) is 0 Å². The van der Waals surface area contributed by atoms with E-state index in [0.717, 1.165) is 12.8 Å².